The van der Waals surface area contributed by atoms with Crippen LogP contribution in [0.2, 0.25) is 0 Å². The molecule has 4 aromatic rings. The number of aryl methyl sites for hydroxylation is 1. The number of anilines is 1. The molecule has 1 heterocycles. The van der Waals surface area contributed by atoms with Crippen LogP contribution in [-0.4, -0.2) is 22.5 Å². The number of fused-ring (bicyclic) bond motifs is 1. The lowest BCUT2D eigenvalue weighted by atomic mass is 10.0. The van der Waals surface area contributed by atoms with Gasteiger partial charge in [0.25, 0.3) is 0 Å². The molecule has 1 amide bonds. The average Bonchev–Trinajstić information content (AvgIpc) is 3.14. The van der Waals surface area contributed by atoms with Gasteiger partial charge >= 0.3 is 0 Å². The van der Waals surface area contributed by atoms with Crippen LogP contribution in [0.5, 0.6) is 5.75 Å². The summed E-state index contributed by atoms with van der Waals surface area (Å²) in [6.07, 6.45) is 0. The van der Waals surface area contributed by atoms with Gasteiger partial charge in [0.15, 0.2) is 0 Å². The Kier molecular flexibility index (Phi) is 6.26. The normalized spacial score (nSPS) is 11.2. The maximum absolute atomic E-state index is 13.1. The van der Waals surface area contributed by atoms with Gasteiger partial charge in [-0.1, -0.05) is 56.3 Å². The van der Waals surface area contributed by atoms with Crippen molar-refractivity contribution >= 4 is 22.6 Å². The highest BCUT2D eigenvalue weighted by Crippen LogP contribution is 2.28. The molecule has 1 aromatic heterocycles. The Morgan fingerprint density at radius 3 is 2.50 bits per heavy atom. The largest absolute Gasteiger partial charge is 0.485 e. The number of hydrogen-bond donors (Lipinski definition) is 0. The molecule has 0 spiro atoms. The van der Waals surface area contributed by atoms with Crippen molar-refractivity contribution in [1.29, 1.82) is 0 Å². The standard InChI is InChI=1S/C27H29N3O2/c1-19(2)22-15-14-20(3)16-25(22)32-18-26-28-23-12-8-9-13-24(23)30(26)17-27(31)29(4)21-10-6-5-7-11-21/h5-16,19H,17-18H2,1-4H3. The molecule has 32 heavy (non-hydrogen) atoms. The molecule has 0 N–H and O–H groups in total. The van der Waals surface area contributed by atoms with Crippen molar-refractivity contribution in [3.63, 3.8) is 0 Å². The van der Waals surface area contributed by atoms with Gasteiger partial charge in [0.2, 0.25) is 5.91 Å². The molecular weight excluding hydrogens is 398 g/mol. The van der Waals surface area contributed by atoms with Crippen molar-refractivity contribution in [3.05, 3.63) is 89.7 Å². The highest BCUT2D eigenvalue weighted by atomic mass is 16.5. The van der Waals surface area contributed by atoms with Gasteiger partial charge in [-0.3, -0.25) is 4.79 Å². The minimum atomic E-state index is -0.0148. The minimum absolute atomic E-state index is 0.0148. The predicted molar refractivity (Wildman–Crippen MR) is 129 cm³/mol. The van der Waals surface area contributed by atoms with E-state index in [1.54, 1.807) is 11.9 Å². The van der Waals surface area contributed by atoms with Gasteiger partial charge in [-0.15, -0.1) is 0 Å². The fourth-order valence-electron chi connectivity index (χ4n) is 3.83. The zero-order valence-electron chi connectivity index (χ0n) is 19.1. The van der Waals surface area contributed by atoms with Gasteiger partial charge in [0.1, 0.15) is 24.7 Å². The van der Waals surface area contributed by atoms with E-state index in [-0.39, 0.29) is 12.5 Å². The number of nitrogens with zero attached hydrogens (tertiary/aromatic N) is 3. The summed E-state index contributed by atoms with van der Waals surface area (Å²) >= 11 is 0. The molecule has 0 aliphatic carbocycles. The van der Waals surface area contributed by atoms with Crippen LogP contribution in [0.1, 0.15) is 36.7 Å². The third-order valence-corrected chi connectivity index (χ3v) is 5.69. The van der Waals surface area contributed by atoms with E-state index in [1.807, 2.05) is 59.2 Å². The third-order valence-electron chi connectivity index (χ3n) is 5.69. The van der Waals surface area contributed by atoms with Crippen molar-refractivity contribution in [3.8, 4) is 5.75 Å². The Morgan fingerprint density at radius 1 is 1.03 bits per heavy atom. The van der Waals surface area contributed by atoms with E-state index < -0.39 is 0 Å². The molecule has 164 valence electrons. The van der Waals surface area contributed by atoms with Crippen LogP contribution in [0.4, 0.5) is 5.69 Å². The summed E-state index contributed by atoms with van der Waals surface area (Å²) in [5.41, 5.74) is 4.96. The van der Waals surface area contributed by atoms with E-state index in [0.29, 0.717) is 12.5 Å². The van der Waals surface area contributed by atoms with Crippen LogP contribution in [0.25, 0.3) is 11.0 Å². The second-order valence-corrected chi connectivity index (χ2v) is 8.38. The molecule has 0 fully saturated rings. The Labute approximate surface area is 189 Å². The number of rotatable bonds is 7. The Balaban J connectivity index is 1.63. The molecule has 0 saturated carbocycles. The maximum atomic E-state index is 13.1. The van der Waals surface area contributed by atoms with Gasteiger partial charge in [-0.2, -0.15) is 0 Å². The van der Waals surface area contributed by atoms with Crippen LogP contribution in [-0.2, 0) is 17.9 Å². The number of hydrogen-bond acceptors (Lipinski definition) is 3. The fraction of sp³-hybridized carbons (Fsp3) is 0.259. The van der Waals surface area contributed by atoms with Crippen LogP contribution in [0.3, 0.4) is 0 Å². The highest BCUT2D eigenvalue weighted by molar-refractivity contribution is 5.93. The van der Waals surface area contributed by atoms with Crippen molar-refractivity contribution in [2.45, 2.75) is 39.8 Å². The summed E-state index contributed by atoms with van der Waals surface area (Å²) in [5.74, 6) is 1.94. The Hall–Kier alpha value is -3.60. The second-order valence-electron chi connectivity index (χ2n) is 8.38. The zero-order valence-corrected chi connectivity index (χ0v) is 19.1. The number of carbonyl (C=O) groups is 1. The summed E-state index contributed by atoms with van der Waals surface area (Å²) in [6.45, 7) is 6.86. The molecule has 3 aromatic carbocycles. The van der Waals surface area contributed by atoms with E-state index >= 15 is 0 Å². The second kappa shape index (κ2) is 9.27. The zero-order chi connectivity index (χ0) is 22.7. The number of aromatic nitrogens is 2. The number of likely N-dealkylation sites (N-methyl/N-ethyl adjacent to an activating group) is 1. The predicted octanol–water partition coefficient (Wildman–Crippen LogP) is 5.71. The van der Waals surface area contributed by atoms with Crippen LogP contribution >= 0.6 is 0 Å². The molecule has 5 heteroatoms. The molecule has 0 bridgehead atoms. The van der Waals surface area contributed by atoms with Gasteiger partial charge in [0.05, 0.1) is 11.0 Å². The summed E-state index contributed by atoms with van der Waals surface area (Å²) < 4.78 is 8.21. The maximum Gasteiger partial charge on any atom is 0.246 e. The summed E-state index contributed by atoms with van der Waals surface area (Å²) in [7, 11) is 1.80. The van der Waals surface area contributed by atoms with Crippen molar-refractivity contribution in [2.24, 2.45) is 0 Å². The van der Waals surface area contributed by atoms with Crippen molar-refractivity contribution in [1.82, 2.24) is 9.55 Å². The molecule has 0 aliphatic heterocycles. The van der Waals surface area contributed by atoms with E-state index in [4.69, 9.17) is 9.72 Å². The topological polar surface area (TPSA) is 47.4 Å². The number of benzene rings is 3. The molecule has 0 aliphatic rings. The fourth-order valence-corrected chi connectivity index (χ4v) is 3.83. The van der Waals surface area contributed by atoms with Crippen molar-refractivity contribution < 1.29 is 9.53 Å². The number of imidazole rings is 1. The third kappa shape index (κ3) is 4.52. The molecule has 0 radical (unpaired) electrons. The molecular formula is C27H29N3O2. The minimum Gasteiger partial charge on any atom is -0.485 e. The van der Waals surface area contributed by atoms with Crippen LogP contribution in [0, 0.1) is 6.92 Å². The monoisotopic (exact) mass is 427 g/mol. The van der Waals surface area contributed by atoms with Crippen LogP contribution in [0.15, 0.2) is 72.8 Å². The summed E-state index contributed by atoms with van der Waals surface area (Å²) in [5, 5.41) is 0. The Bertz CT molecular complexity index is 1230. The highest BCUT2D eigenvalue weighted by Gasteiger charge is 2.18. The number of carbonyl (C=O) groups excluding carboxylic acids is 1. The smallest absolute Gasteiger partial charge is 0.246 e. The van der Waals surface area contributed by atoms with Gasteiger partial charge in [-0.05, 0) is 54.3 Å². The van der Waals surface area contributed by atoms with E-state index in [0.717, 1.165) is 39.4 Å². The van der Waals surface area contributed by atoms with E-state index in [2.05, 4.69) is 39.0 Å². The first-order chi connectivity index (χ1) is 15.4. The van der Waals surface area contributed by atoms with E-state index in [9.17, 15) is 4.79 Å². The van der Waals surface area contributed by atoms with Gasteiger partial charge in [0, 0.05) is 12.7 Å². The number of para-hydroxylation sites is 3. The lowest BCUT2D eigenvalue weighted by Crippen LogP contribution is -2.30. The average molecular weight is 428 g/mol. The van der Waals surface area contributed by atoms with Gasteiger partial charge < -0.3 is 14.2 Å². The molecule has 0 unspecified atom stereocenters. The first-order valence-electron chi connectivity index (χ1n) is 10.9. The number of ether oxygens (including phenoxy) is 1. The lowest BCUT2D eigenvalue weighted by Gasteiger charge is -2.19. The summed E-state index contributed by atoms with van der Waals surface area (Å²) in [4.78, 5) is 19.6. The quantitative estimate of drug-likeness (QED) is 0.379. The van der Waals surface area contributed by atoms with Gasteiger partial charge in [-0.25, -0.2) is 4.98 Å². The van der Waals surface area contributed by atoms with Crippen molar-refractivity contribution in [2.75, 3.05) is 11.9 Å². The SMILES string of the molecule is Cc1ccc(C(C)C)c(OCc2nc3ccccc3n2CC(=O)N(C)c2ccccc2)c1. The molecule has 0 atom stereocenters. The molecule has 0 saturated heterocycles. The first kappa shape index (κ1) is 21.6. The molecule has 5 nitrogen and oxygen atoms in total. The number of amides is 1. The molecule has 4 rings (SSSR count). The van der Waals surface area contributed by atoms with Crippen LogP contribution < -0.4 is 9.64 Å². The van der Waals surface area contributed by atoms with E-state index in [1.165, 1.54) is 0 Å². The lowest BCUT2D eigenvalue weighted by molar-refractivity contribution is -0.118. The Morgan fingerprint density at radius 2 is 1.75 bits per heavy atom. The summed E-state index contributed by atoms with van der Waals surface area (Å²) in [6, 6.07) is 23.8. The first-order valence-corrected chi connectivity index (χ1v) is 10.9.